The summed E-state index contributed by atoms with van der Waals surface area (Å²) in [5.41, 5.74) is -0.664. The fourth-order valence-electron chi connectivity index (χ4n) is 1.53. The molecule has 0 amide bonds. The quantitative estimate of drug-likeness (QED) is 0.455. The molecule has 1 aromatic carbocycles. The summed E-state index contributed by atoms with van der Waals surface area (Å²) in [5.74, 6) is 0.187. The van der Waals surface area contributed by atoms with Crippen LogP contribution in [0.5, 0.6) is 11.5 Å². The van der Waals surface area contributed by atoms with Gasteiger partial charge < -0.3 is 14.2 Å². The molecule has 21 heavy (non-hydrogen) atoms. The van der Waals surface area contributed by atoms with Gasteiger partial charge in [-0.2, -0.15) is 0 Å². The first-order chi connectivity index (χ1) is 9.73. The molecular formula is C14H19NO6. The Morgan fingerprint density at radius 3 is 2.48 bits per heavy atom. The van der Waals surface area contributed by atoms with Gasteiger partial charge in [-0.15, -0.1) is 0 Å². The van der Waals surface area contributed by atoms with Crippen molar-refractivity contribution in [3.05, 3.63) is 28.3 Å². The lowest BCUT2D eigenvalue weighted by atomic mass is 10.2. The fourth-order valence-corrected chi connectivity index (χ4v) is 1.53. The predicted molar refractivity (Wildman–Crippen MR) is 75.6 cm³/mol. The Morgan fingerprint density at radius 1 is 1.29 bits per heavy atom. The van der Waals surface area contributed by atoms with Crippen molar-refractivity contribution in [3.8, 4) is 11.5 Å². The van der Waals surface area contributed by atoms with Crippen LogP contribution in [0.3, 0.4) is 0 Å². The lowest BCUT2D eigenvalue weighted by Crippen LogP contribution is -2.24. The van der Waals surface area contributed by atoms with Gasteiger partial charge in [-0.25, -0.2) is 0 Å². The molecule has 0 aliphatic carbocycles. The van der Waals surface area contributed by atoms with Gasteiger partial charge in [0.05, 0.1) is 31.1 Å². The summed E-state index contributed by atoms with van der Waals surface area (Å²) < 4.78 is 15.6. The van der Waals surface area contributed by atoms with Crippen LogP contribution in [0.1, 0.15) is 27.2 Å². The third-order valence-electron chi connectivity index (χ3n) is 2.34. The number of hydrogen-bond donors (Lipinski definition) is 0. The van der Waals surface area contributed by atoms with Gasteiger partial charge in [-0.05, 0) is 26.8 Å². The minimum absolute atomic E-state index is 0.0448. The van der Waals surface area contributed by atoms with E-state index in [0.717, 1.165) is 0 Å². The van der Waals surface area contributed by atoms with Gasteiger partial charge in [-0.3, -0.25) is 14.9 Å². The number of carbonyl (C=O) groups excluding carboxylic acids is 1. The molecule has 0 atom stereocenters. The van der Waals surface area contributed by atoms with E-state index in [2.05, 4.69) is 0 Å². The minimum Gasteiger partial charge on any atom is -0.493 e. The maximum atomic E-state index is 11.5. The average molecular weight is 297 g/mol. The second-order valence-electron chi connectivity index (χ2n) is 5.28. The highest BCUT2D eigenvalue weighted by Crippen LogP contribution is 2.31. The van der Waals surface area contributed by atoms with Crippen molar-refractivity contribution in [2.45, 2.75) is 32.8 Å². The van der Waals surface area contributed by atoms with Gasteiger partial charge >= 0.3 is 5.97 Å². The van der Waals surface area contributed by atoms with E-state index in [4.69, 9.17) is 14.2 Å². The van der Waals surface area contributed by atoms with Crippen LogP contribution in [0.4, 0.5) is 5.69 Å². The summed E-state index contributed by atoms with van der Waals surface area (Å²) in [7, 11) is 1.43. The van der Waals surface area contributed by atoms with E-state index in [1.807, 2.05) is 0 Å². The fraction of sp³-hybridized carbons (Fsp3) is 0.500. The maximum absolute atomic E-state index is 11.5. The van der Waals surface area contributed by atoms with Crippen molar-refractivity contribution in [2.75, 3.05) is 13.7 Å². The molecule has 0 radical (unpaired) electrons. The van der Waals surface area contributed by atoms with Gasteiger partial charge in [0.15, 0.2) is 11.5 Å². The zero-order valence-corrected chi connectivity index (χ0v) is 12.5. The molecule has 0 spiro atoms. The number of ether oxygens (including phenoxy) is 3. The van der Waals surface area contributed by atoms with Gasteiger partial charge in [0.25, 0.3) is 5.69 Å². The Kier molecular flexibility index (Phi) is 5.52. The predicted octanol–water partition coefficient (Wildman–Crippen LogP) is 2.71. The molecule has 0 aliphatic heterocycles. The van der Waals surface area contributed by atoms with E-state index >= 15 is 0 Å². The van der Waals surface area contributed by atoms with Crippen LogP contribution in [0, 0.1) is 10.1 Å². The lowest BCUT2D eigenvalue weighted by molar-refractivity contribution is -0.385. The average Bonchev–Trinajstić information content (AvgIpc) is 2.36. The van der Waals surface area contributed by atoms with Crippen LogP contribution in [0.2, 0.25) is 0 Å². The second kappa shape index (κ2) is 6.92. The number of carbonyl (C=O) groups is 1. The topological polar surface area (TPSA) is 87.9 Å². The first kappa shape index (κ1) is 16.7. The maximum Gasteiger partial charge on any atom is 0.309 e. The summed E-state index contributed by atoms with van der Waals surface area (Å²) >= 11 is 0. The molecule has 0 N–H and O–H groups in total. The standard InChI is InChI=1S/C14H19NO6/c1-14(2,3)21-13(16)7-8-20-12-9-10(15(17)18)5-6-11(12)19-4/h5-6,9H,7-8H2,1-4H3. The van der Waals surface area contributed by atoms with E-state index < -0.39 is 16.5 Å². The number of esters is 1. The minimum atomic E-state index is -0.555. The van der Waals surface area contributed by atoms with E-state index in [9.17, 15) is 14.9 Å². The Bertz CT molecular complexity index is 521. The van der Waals surface area contributed by atoms with E-state index in [-0.39, 0.29) is 24.5 Å². The van der Waals surface area contributed by atoms with E-state index in [0.29, 0.717) is 5.75 Å². The van der Waals surface area contributed by atoms with Crippen LogP contribution in [-0.2, 0) is 9.53 Å². The van der Waals surface area contributed by atoms with Crippen LogP contribution in [0.15, 0.2) is 18.2 Å². The molecule has 7 heteroatoms. The van der Waals surface area contributed by atoms with Crippen molar-refractivity contribution in [3.63, 3.8) is 0 Å². The molecule has 0 fully saturated rings. The van der Waals surface area contributed by atoms with Crippen LogP contribution < -0.4 is 9.47 Å². The Hall–Kier alpha value is -2.31. The lowest BCUT2D eigenvalue weighted by Gasteiger charge is -2.19. The van der Waals surface area contributed by atoms with E-state index in [1.165, 1.54) is 25.3 Å². The molecule has 0 saturated heterocycles. The molecule has 1 aromatic rings. The molecule has 0 aliphatic rings. The highest BCUT2D eigenvalue weighted by atomic mass is 16.6. The molecule has 116 valence electrons. The number of nitro groups is 1. The normalized spacial score (nSPS) is 10.9. The zero-order chi connectivity index (χ0) is 16.0. The van der Waals surface area contributed by atoms with Crippen LogP contribution in [0.25, 0.3) is 0 Å². The van der Waals surface area contributed by atoms with E-state index in [1.54, 1.807) is 20.8 Å². The van der Waals surface area contributed by atoms with Crippen molar-refractivity contribution in [1.82, 2.24) is 0 Å². The van der Waals surface area contributed by atoms with Crippen molar-refractivity contribution in [2.24, 2.45) is 0 Å². The molecule has 0 heterocycles. The molecule has 7 nitrogen and oxygen atoms in total. The number of methoxy groups -OCH3 is 1. The number of nitro benzene ring substituents is 1. The van der Waals surface area contributed by atoms with Crippen molar-refractivity contribution >= 4 is 11.7 Å². The molecule has 0 bridgehead atoms. The number of nitrogens with zero attached hydrogens (tertiary/aromatic N) is 1. The first-order valence-electron chi connectivity index (χ1n) is 6.40. The van der Waals surface area contributed by atoms with Crippen molar-refractivity contribution < 1.29 is 23.9 Å². The first-order valence-corrected chi connectivity index (χ1v) is 6.40. The van der Waals surface area contributed by atoms with Crippen LogP contribution >= 0.6 is 0 Å². The molecule has 0 unspecified atom stereocenters. The third-order valence-corrected chi connectivity index (χ3v) is 2.34. The smallest absolute Gasteiger partial charge is 0.309 e. The zero-order valence-electron chi connectivity index (χ0n) is 12.5. The third kappa shape index (κ3) is 5.68. The molecule has 0 aromatic heterocycles. The largest absolute Gasteiger partial charge is 0.493 e. The molecular weight excluding hydrogens is 278 g/mol. The van der Waals surface area contributed by atoms with Crippen molar-refractivity contribution in [1.29, 1.82) is 0 Å². The van der Waals surface area contributed by atoms with Gasteiger partial charge in [0.1, 0.15) is 5.60 Å². The number of hydrogen-bond acceptors (Lipinski definition) is 6. The number of benzene rings is 1. The van der Waals surface area contributed by atoms with Gasteiger partial charge in [-0.1, -0.05) is 0 Å². The summed E-state index contributed by atoms with van der Waals surface area (Å²) in [6.45, 7) is 5.37. The monoisotopic (exact) mass is 297 g/mol. The Labute approximate surface area is 123 Å². The van der Waals surface area contributed by atoms with Crippen LogP contribution in [-0.4, -0.2) is 30.2 Å². The van der Waals surface area contributed by atoms with Gasteiger partial charge in [0.2, 0.25) is 0 Å². The van der Waals surface area contributed by atoms with Gasteiger partial charge in [0, 0.05) is 6.07 Å². The summed E-state index contributed by atoms with van der Waals surface area (Å²) in [4.78, 5) is 21.7. The highest BCUT2D eigenvalue weighted by Gasteiger charge is 2.17. The Morgan fingerprint density at radius 2 is 1.95 bits per heavy atom. The number of rotatable bonds is 6. The Balaban J connectivity index is 2.64. The summed E-state index contributed by atoms with van der Waals surface area (Å²) in [6, 6.07) is 4.02. The molecule has 1 rings (SSSR count). The number of non-ortho nitro benzene ring substituents is 1. The SMILES string of the molecule is COc1ccc([N+](=O)[O-])cc1OCCC(=O)OC(C)(C)C. The highest BCUT2D eigenvalue weighted by molar-refractivity contribution is 5.70. The summed E-state index contributed by atoms with van der Waals surface area (Å²) in [6.07, 6.45) is 0.0448. The molecule has 0 saturated carbocycles. The second-order valence-corrected chi connectivity index (χ2v) is 5.28. The summed E-state index contributed by atoms with van der Waals surface area (Å²) in [5, 5.41) is 10.7.